The van der Waals surface area contributed by atoms with E-state index in [1.54, 1.807) is 29.9 Å². The Labute approximate surface area is 234 Å². The highest BCUT2D eigenvalue weighted by molar-refractivity contribution is 7.25. The number of aliphatic hydroxyl groups excluding tert-OH is 1. The lowest BCUT2D eigenvalue weighted by Crippen LogP contribution is -2.38. The number of carbonyl (C=O) groups excluding carboxylic acids is 1. The van der Waals surface area contributed by atoms with Gasteiger partial charge in [-0.05, 0) is 54.8 Å². The molecule has 39 heavy (non-hydrogen) atoms. The van der Waals surface area contributed by atoms with Crippen LogP contribution in [0.25, 0.3) is 20.3 Å². The van der Waals surface area contributed by atoms with Crippen molar-refractivity contribution in [3.63, 3.8) is 0 Å². The van der Waals surface area contributed by atoms with Crippen LogP contribution in [0.4, 0.5) is 11.5 Å². The van der Waals surface area contributed by atoms with E-state index in [0.717, 1.165) is 50.1 Å². The van der Waals surface area contributed by atoms with Crippen molar-refractivity contribution in [2.24, 2.45) is 0 Å². The van der Waals surface area contributed by atoms with Crippen molar-refractivity contribution in [3.05, 3.63) is 83.4 Å². The van der Waals surface area contributed by atoms with Gasteiger partial charge in [0.2, 0.25) is 5.91 Å². The van der Waals surface area contributed by atoms with E-state index in [4.69, 9.17) is 16.3 Å². The summed E-state index contributed by atoms with van der Waals surface area (Å²) in [6, 6.07) is 17.2. The zero-order valence-corrected chi connectivity index (χ0v) is 22.6. The molecule has 0 aliphatic carbocycles. The van der Waals surface area contributed by atoms with Gasteiger partial charge in [0.25, 0.3) is 0 Å². The predicted molar refractivity (Wildman–Crippen MR) is 154 cm³/mol. The molecule has 4 heterocycles. The number of fused-ring (bicyclic) bond motifs is 3. The Morgan fingerprint density at radius 2 is 2.08 bits per heavy atom. The number of hydrogen-bond acceptors (Lipinski definition) is 8. The summed E-state index contributed by atoms with van der Waals surface area (Å²) in [5.41, 5.74) is 2.54. The molecule has 1 atom stereocenters. The summed E-state index contributed by atoms with van der Waals surface area (Å²) in [4.78, 5) is 28.8. The lowest BCUT2D eigenvalue weighted by Gasteiger charge is -2.23. The number of thiophene rings is 1. The molecule has 0 radical (unpaired) electrons. The van der Waals surface area contributed by atoms with E-state index in [9.17, 15) is 9.90 Å². The Balaban J connectivity index is 1.21. The van der Waals surface area contributed by atoms with Gasteiger partial charge in [-0.2, -0.15) is 0 Å². The molecule has 1 unspecified atom stereocenters. The number of benzene rings is 2. The Morgan fingerprint density at radius 1 is 1.15 bits per heavy atom. The molecular weight excluding hydrogens is 534 g/mol. The van der Waals surface area contributed by atoms with Crippen LogP contribution in [0, 0.1) is 0 Å². The number of nitrogens with one attached hydrogen (secondary N) is 1. The van der Waals surface area contributed by atoms with E-state index in [-0.39, 0.29) is 18.6 Å². The van der Waals surface area contributed by atoms with E-state index in [1.165, 1.54) is 0 Å². The highest BCUT2D eigenvalue weighted by atomic mass is 35.5. The fourth-order valence-corrected chi connectivity index (χ4v) is 6.30. The van der Waals surface area contributed by atoms with Crippen molar-refractivity contribution in [2.45, 2.75) is 31.9 Å². The van der Waals surface area contributed by atoms with Crippen LogP contribution in [0.3, 0.4) is 0 Å². The van der Waals surface area contributed by atoms with Gasteiger partial charge >= 0.3 is 0 Å². The molecule has 0 bridgehead atoms. The summed E-state index contributed by atoms with van der Waals surface area (Å²) in [5, 5.41) is 15.4. The Kier molecular flexibility index (Phi) is 7.28. The number of halogens is 1. The third kappa shape index (κ3) is 5.38. The molecule has 0 saturated carbocycles. The van der Waals surface area contributed by atoms with Crippen LogP contribution in [0.1, 0.15) is 24.1 Å². The van der Waals surface area contributed by atoms with E-state index in [2.05, 4.69) is 26.3 Å². The normalized spacial score (nSPS) is 15.2. The molecule has 10 heteroatoms. The zero-order chi connectivity index (χ0) is 26.8. The first-order valence-electron chi connectivity index (χ1n) is 12.7. The van der Waals surface area contributed by atoms with Gasteiger partial charge in [-0.15, -0.1) is 11.3 Å². The van der Waals surface area contributed by atoms with Crippen LogP contribution in [0.15, 0.2) is 67.1 Å². The van der Waals surface area contributed by atoms with Gasteiger partial charge in [-0.1, -0.05) is 29.8 Å². The third-order valence-electron chi connectivity index (χ3n) is 6.89. The topological polar surface area (TPSA) is 100 Å². The van der Waals surface area contributed by atoms with Crippen LogP contribution in [0.5, 0.6) is 5.75 Å². The molecule has 8 nitrogen and oxygen atoms in total. The quantitative estimate of drug-likeness (QED) is 0.250. The number of anilines is 2. The summed E-state index contributed by atoms with van der Waals surface area (Å²) in [5.74, 6) is 1.30. The number of amides is 1. The maximum absolute atomic E-state index is 12.9. The number of nitrogens with zero attached hydrogens (tertiary/aromatic N) is 4. The van der Waals surface area contributed by atoms with Crippen LogP contribution >= 0.6 is 22.9 Å². The molecule has 1 saturated heterocycles. The summed E-state index contributed by atoms with van der Waals surface area (Å²) >= 11 is 8.08. The fourth-order valence-electron chi connectivity index (χ4n) is 4.95. The minimum atomic E-state index is -0.0653. The predicted octanol–water partition coefficient (Wildman–Crippen LogP) is 5.74. The highest BCUT2D eigenvalue weighted by Gasteiger charge is 2.28. The molecular formula is C29H26ClN5O3S. The Morgan fingerprint density at radius 3 is 2.90 bits per heavy atom. The van der Waals surface area contributed by atoms with Crippen molar-refractivity contribution in [3.8, 4) is 5.75 Å². The van der Waals surface area contributed by atoms with Crippen molar-refractivity contribution in [2.75, 3.05) is 18.5 Å². The summed E-state index contributed by atoms with van der Waals surface area (Å²) in [6.45, 7) is 1.05. The second kappa shape index (κ2) is 11.1. The summed E-state index contributed by atoms with van der Waals surface area (Å²) in [7, 11) is 0. The van der Waals surface area contributed by atoms with E-state index in [1.807, 2.05) is 47.4 Å². The lowest BCUT2D eigenvalue weighted by atomic mass is 10.1. The van der Waals surface area contributed by atoms with Gasteiger partial charge in [0, 0.05) is 28.5 Å². The number of aliphatic hydroxyl groups is 1. The van der Waals surface area contributed by atoms with Gasteiger partial charge in [-0.25, -0.2) is 9.97 Å². The minimum Gasteiger partial charge on any atom is -0.486 e. The third-order valence-corrected chi connectivity index (χ3v) is 8.25. The monoisotopic (exact) mass is 559 g/mol. The van der Waals surface area contributed by atoms with Crippen LogP contribution < -0.4 is 10.1 Å². The van der Waals surface area contributed by atoms with Crippen LogP contribution in [-0.4, -0.2) is 50.1 Å². The SMILES string of the molecule is O=C(Cc1ccc2c(c1)sc1ncnc(Nc3ccc(OCc4ccccn4)c(Cl)c3)c12)N1CCCC1CO. The molecule has 5 aromatic rings. The maximum atomic E-state index is 12.9. The van der Waals surface area contributed by atoms with Crippen molar-refractivity contribution >= 4 is 60.7 Å². The van der Waals surface area contributed by atoms with Gasteiger partial charge in [0.05, 0.1) is 35.2 Å². The number of rotatable bonds is 8. The van der Waals surface area contributed by atoms with Gasteiger partial charge in [0.1, 0.15) is 29.3 Å². The molecule has 0 spiro atoms. The van der Waals surface area contributed by atoms with E-state index >= 15 is 0 Å². The first kappa shape index (κ1) is 25.5. The maximum Gasteiger partial charge on any atom is 0.227 e. The largest absolute Gasteiger partial charge is 0.486 e. The second-order valence-corrected chi connectivity index (χ2v) is 10.9. The van der Waals surface area contributed by atoms with Crippen molar-refractivity contribution < 1.29 is 14.6 Å². The number of aromatic nitrogens is 3. The molecule has 1 amide bonds. The van der Waals surface area contributed by atoms with Crippen LogP contribution in [0.2, 0.25) is 5.02 Å². The van der Waals surface area contributed by atoms with Gasteiger partial charge in [-0.3, -0.25) is 9.78 Å². The number of carbonyl (C=O) groups is 1. The van der Waals surface area contributed by atoms with Crippen molar-refractivity contribution in [1.29, 1.82) is 0 Å². The average Bonchev–Trinajstić information content (AvgIpc) is 3.58. The van der Waals surface area contributed by atoms with Crippen molar-refractivity contribution in [1.82, 2.24) is 19.9 Å². The average molecular weight is 560 g/mol. The number of hydrogen-bond donors (Lipinski definition) is 2. The fraction of sp³-hybridized carbons (Fsp3) is 0.241. The molecule has 198 valence electrons. The Bertz CT molecular complexity index is 1640. The highest BCUT2D eigenvalue weighted by Crippen LogP contribution is 2.38. The molecule has 3 aromatic heterocycles. The summed E-state index contributed by atoms with van der Waals surface area (Å²) < 4.78 is 6.88. The summed E-state index contributed by atoms with van der Waals surface area (Å²) in [6.07, 6.45) is 5.38. The minimum absolute atomic E-state index is 0.0155. The molecule has 1 fully saturated rings. The molecule has 2 aromatic carbocycles. The molecule has 6 rings (SSSR count). The molecule has 1 aliphatic heterocycles. The molecule has 1 aliphatic rings. The first-order chi connectivity index (χ1) is 19.1. The van der Waals surface area contributed by atoms with E-state index in [0.29, 0.717) is 36.2 Å². The van der Waals surface area contributed by atoms with Crippen LogP contribution in [-0.2, 0) is 17.8 Å². The standard InChI is InChI=1S/C29H26ClN5O3S/c30-23-14-19(7-9-24(23)38-16-20-4-1-2-10-31-20)34-28-27-22-8-6-18(12-25(22)39-29(27)33-17-32-28)13-26(37)35-11-3-5-21(35)15-36/h1-2,4,6-10,12,14,17,21,36H,3,5,11,13,15-16H2,(H,32,33,34). The smallest absolute Gasteiger partial charge is 0.227 e. The van der Waals surface area contributed by atoms with E-state index < -0.39 is 0 Å². The molecule has 2 N–H and O–H groups in total. The number of likely N-dealkylation sites (tertiary alicyclic amines) is 1. The zero-order valence-electron chi connectivity index (χ0n) is 21.0. The lowest BCUT2D eigenvalue weighted by molar-refractivity contribution is -0.131. The van der Waals surface area contributed by atoms with Gasteiger partial charge in [0.15, 0.2) is 0 Å². The Hall–Kier alpha value is -3.79. The first-order valence-corrected chi connectivity index (χ1v) is 13.9. The number of ether oxygens (including phenoxy) is 1. The number of pyridine rings is 1. The van der Waals surface area contributed by atoms with Gasteiger partial charge < -0.3 is 20.1 Å². The second-order valence-electron chi connectivity index (χ2n) is 9.46.